The molecule has 0 bridgehead atoms. The maximum atomic E-state index is 13.3. The third-order valence-electron chi connectivity index (χ3n) is 2.90. The summed E-state index contributed by atoms with van der Waals surface area (Å²) in [6, 6.07) is 4.54. The van der Waals surface area contributed by atoms with Crippen LogP contribution in [0.3, 0.4) is 0 Å². The second-order valence-electron chi connectivity index (χ2n) is 4.56. The summed E-state index contributed by atoms with van der Waals surface area (Å²) in [5.41, 5.74) is 2.57. The molecular formula is C18H22FNO. The van der Waals surface area contributed by atoms with Crippen molar-refractivity contribution in [2.75, 3.05) is 13.7 Å². The Morgan fingerprint density at radius 1 is 1.38 bits per heavy atom. The average molecular weight is 287 g/mol. The van der Waals surface area contributed by atoms with E-state index in [0.29, 0.717) is 12.4 Å². The molecule has 0 saturated carbocycles. The second kappa shape index (κ2) is 8.97. The minimum absolute atomic E-state index is 0.299. The summed E-state index contributed by atoms with van der Waals surface area (Å²) in [7, 11) is 1.72. The highest BCUT2D eigenvalue weighted by atomic mass is 19.1. The summed E-state index contributed by atoms with van der Waals surface area (Å²) in [5, 5.41) is 0. The van der Waals surface area contributed by atoms with Gasteiger partial charge in [0.15, 0.2) is 0 Å². The number of aryl methyl sites for hydroxylation is 1. The van der Waals surface area contributed by atoms with E-state index in [-0.39, 0.29) is 5.82 Å². The highest BCUT2D eigenvalue weighted by Crippen LogP contribution is 2.19. The predicted octanol–water partition coefficient (Wildman–Crippen LogP) is 4.33. The van der Waals surface area contributed by atoms with Gasteiger partial charge in [0.1, 0.15) is 23.9 Å². The number of nitrogens with zero attached hydrogens (tertiary/aromatic N) is 1. The molecule has 0 heterocycles. The zero-order chi connectivity index (χ0) is 15.7. The molecule has 3 heteroatoms. The molecule has 0 N–H and O–H groups in total. The standard InChI is InChI=1S/C18H22FNO/c1-5-7-9-17(20-4)15(8-6-2)13-21-18-12-16(19)11-10-14(18)3/h8,10-12H,5-6,13H2,1-4H3/b15-8-,20-17?. The minimum Gasteiger partial charge on any atom is -0.488 e. The first-order valence-electron chi connectivity index (χ1n) is 7.16. The minimum atomic E-state index is -0.299. The zero-order valence-corrected chi connectivity index (χ0v) is 13.2. The molecule has 0 radical (unpaired) electrons. The van der Waals surface area contributed by atoms with Crippen molar-refractivity contribution >= 4 is 5.71 Å². The lowest BCUT2D eigenvalue weighted by molar-refractivity contribution is 0.352. The predicted molar refractivity (Wildman–Crippen MR) is 86.4 cm³/mol. The summed E-state index contributed by atoms with van der Waals surface area (Å²) in [6.45, 7) is 6.27. The van der Waals surface area contributed by atoms with Gasteiger partial charge in [-0.1, -0.05) is 31.9 Å². The molecule has 0 unspecified atom stereocenters. The topological polar surface area (TPSA) is 21.6 Å². The van der Waals surface area contributed by atoms with Crippen LogP contribution in [-0.2, 0) is 0 Å². The van der Waals surface area contributed by atoms with Crippen LogP contribution < -0.4 is 4.74 Å². The van der Waals surface area contributed by atoms with Crippen molar-refractivity contribution in [3.05, 3.63) is 41.2 Å². The highest BCUT2D eigenvalue weighted by Gasteiger charge is 2.07. The number of halogens is 1. The van der Waals surface area contributed by atoms with Crippen molar-refractivity contribution in [1.29, 1.82) is 0 Å². The summed E-state index contributed by atoms with van der Waals surface area (Å²) in [6.07, 6.45) is 3.69. The number of benzene rings is 1. The van der Waals surface area contributed by atoms with Gasteiger partial charge in [-0.15, -0.1) is 0 Å². The van der Waals surface area contributed by atoms with Gasteiger partial charge in [0.25, 0.3) is 0 Å². The molecule has 1 aromatic carbocycles. The van der Waals surface area contributed by atoms with Crippen LogP contribution in [0, 0.1) is 24.6 Å². The Bertz CT molecular complexity index is 591. The molecule has 21 heavy (non-hydrogen) atoms. The Labute approximate surface area is 126 Å². The van der Waals surface area contributed by atoms with Gasteiger partial charge in [-0.2, -0.15) is 0 Å². The molecule has 0 spiro atoms. The molecule has 0 atom stereocenters. The van der Waals surface area contributed by atoms with E-state index in [1.165, 1.54) is 12.1 Å². The Kier molecular flexibility index (Phi) is 7.25. The quantitative estimate of drug-likeness (QED) is 0.583. The Morgan fingerprint density at radius 2 is 2.14 bits per heavy atom. The van der Waals surface area contributed by atoms with Crippen molar-refractivity contribution in [1.82, 2.24) is 0 Å². The van der Waals surface area contributed by atoms with Gasteiger partial charge in [0.2, 0.25) is 0 Å². The summed E-state index contributed by atoms with van der Waals surface area (Å²) in [4.78, 5) is 4.22. The average Bonchev–Trinajstić information content (AvgIpc) is 2.48. The number of hydrogen-bond donors (Lipinski definition) is 0. The van der Waals surface area contributed by atoms with Gasteiger partial charge in [0, 0.05) is 25.1 Å². The van der Waals surface area contributed by atoms with Crippen LogP contribution in [0.25, 0.3) is 0 Å². The Morgan fingerprint density at radius 3 is 2.76 bits per heavy atom. The summed E-state index contributed by atoms with van der Waals surface area (Å²) >= 11 is 0. The van der Waals surface area contributed by atoms with E-state index >= 15 is 0 Å². The van der Waals surface area contributed by atoms with Crippen LogP contribution in [0.5, 0.6) is 5.75 Å². The van der Waals surface area contributed by atoms with Gasteiger partial charge in [0.05, 0.1) is 0 Å². The van der Waals surface area contributed by atoms with Crippen molar-refractivity contribution in [2.45, 2.75) is 33.6 Å². The fourth-order valence-electron chi connectivity index (χ4n) is 1.81. The smallest absolute Gasteiger partial charge is 0.126 e. The van der Waals surface area contributed by atoms with Gasteiger partial charge >= 0.3 is 0 Å². The van der Waals surface area contributed by atoms with E-state index in [0.717, 1.165) is 29.7 Å². The fourth-order valence-corrected chi connectivity index (χ4v) is 1.81. The Hall–Kier alpha value is -2.08. The van der Waals surface area contributed by atoms with Gasteiger partial charge in [-0.3, -0.25) is 4.99 Å². The first kappa shape index (κ1) is 17.0. The highest BCUT2D eigenvalue weighted by molar-refractivity contribution is 6.12. The normalized spacial score (nSPS) is 11.9. The van der Waals surface area contributed by atoms with Crippen molar-refractivity contribution in [2.24, 2.45) is 4.99 Å². The third kappa shape index (κ3) is 5.43. The van der Waals surface area contributed by atoms with E-state index in [9.17, 15) is 4.39 Å². The Balaban J connectivity index is 2.90. The summed E-state index contributed by atoms with van der Waals surface area (Å²) in [5.74, 6) is 6.32. The third-order valence-corrected chi connectivity index (χ3v) is 2.90. The molecule has 0 aromatic heterocycles. The molecule has 0 amide bonds. The molecule has 0 saturated heterocycles. The molecule has 1 rings (SSSR count). The lowest BCUT2D eigenvalue weighted by Gasteiger charge is -2.11. The van der Waals surface area contributed by atoms with E-state index in [2.05, 4.69) is 16.8 Å². The fraction of sp³-hybridized carbons (Fsp3) is 0.389. The number of allylic oxidation sites excluding steroid dienone is 1. The van der Waals surface area contributed by atoms with Crippen LogP contribution in [0.1, 0.15) is 32.3 Å². The molecule has 1 aromatic rings. The van der Waals surface area contributed by atoms with Gasteiger partial charge in [-0.05, 0) is 30.9 Å². The summed E-state index contributed by atoms with van der Waals surface area (Å²) < 4.78 is 19.0. The number of ether oxygens (including phenoxy) is 1. The van der Waals surface area contributed by atoms with E-state index in [4.69, 9.17) is 4.74 Å². The van der Waals surface area contributed by atoms with Crippen molar-refractivity contribution in [3.8, 4) is 17.6 Å². The van der Waals surface area contributed by atoms with Gasteiger partial charge in [-0.25, -0.2) is 4.39 Å². The second-order valence-corrected chi connectivity index (χ2v) is 4.56. The number of aliphatic imine (C=N–C) groups is 1. The van der Waals surface area contributed by atoms with Crippen molar-refractivity contribution < 1.29 is 9.13 Å². The first-order chi connectivity index (χ1) is 10.1. The monoisotopic (exact) mass is 287 g/mol. The van der Waals surface area contributed by atoms with Crippen LogP contribution in [0.15, 0.2) is 34.8 Å². The number of rotatable bonds is 5. The maximum Gasteiger partial charge on any atom is 0.126 e. The largest absolute Gasteiger partial charge is 0.488 e. The molecule has 0 fully saturated rings. The molecule has 2 nitrogen and oxygen atoms in total. The first-order valence-corrected chi connectivity index (χ1v) is 7.16. The van der Waals surface area contributed by atoms with Crippen molar-refractivity contribution in [3.63, 3.8) is 0 Å². The molecule has 0 aliphatic heterocycles. The maximum absolute atomic E-state index is 13.3. The van der Waals surface area contributed by atoms with Crippen LogP contribution >= 0.6 is 0 Å². The van der Waals surface area contributed by atoms with Crippen LogP contribution in [0.2, 0.25) is 0 Å². The molecule has 0 aliphatic rings. The van der Waals surface area contributed by atoms with Gasteiger partial charge < -0.3 is 4.74 Å². The van der Waals surface area contributed by atoms with E-state index < -0.39 is 0 Å². The SMILES string of the molecule is CCC#CC(=NC)/C(=C\CC)COc1cc(F)ccc1C. The van der Waals surface area contributed by atoms with Crippen LogP contribution in [-0.4, -0.2) is 19.4 Å². The lowest BCUT2D eigenvalue weighted by atomic mass is 10.1. The lowest BCUT2D eigenvalue weighted by Crippen LogP contribution is -2.11. The van der Waals surface area contributed by atoms with E-state index in [1.54, 1.807) is 13.1 Å². The molecular weight excluding hydrogens is 265 g/mol. The zero-order valence-electron chi connectivity index (χ0n) is 13.2. The van der Waals surface area contributed by atoms with Crippen LogP contribution in [0.4, 0.5) is 4.39 Å². The molecule has 112 valence electrons. The van der Waals surface area contributed by atoms with E-state index in [1.807, 2.05) is 26.8 Å². The number of hydrogen-bond acceptors (Lipinski definition) is 2. The molecule has 0 aliphatic carbocycles.